The number of rotatable bonds is 6. The molecular weight excluding hydrogens is 396 g/mol. The molecule has 1 fully saturated rings. The van der Waals surface area contributed by atoms with E-state index in [9.17, 15) is 9.59 Å². The minimum Gasteiger partial charge on any atom is -0.497 e. The van der Waals surface area contributed by atoms with Gasteiger partial charge < -0.3 is 9.47 Å². The Morgan fingerprint density at radius 2 is 1.79 bits per heavy atom. The third kappa shape index (κ3) is 3.40. The van der Waals surface area contributed by atoms with E-state index in [0.29, 0.717) is 29.4 Å². The minimum absolute atomic E-state index is 0.320. The van der Waals surface area contributed by atoms with Crippen LogP contribution in [0, 0.1) is 0 Å². The van der Waals surface area contributed by atoms with Crippen LogP contribution in [0.15, 0.2) is 52.8 Å². The highest BCUT2D eigenvalue weighted by Gasteiger charge is 2.54. The van der Waals surface area contributed by atoms with Crippen molar-refractivity contribution in [2.75, 3.05) is 25.7 Å². The first kappa shape index (κ1) is 19.2. The van der Waals surface area contributed by atoms with Gasteiger partial charge in [0.2, 0.25) is 0 Å². The molecular formula is C20H19ClN4O4. The highest BCUT2D eigenvalue weighted by Crippen LogP contribution is 2.35. The molecule has 1 saturated heterocycles. The van der Waals surface area contributed by atoms with Gasteiger partial charge in [-0.3, -0.25) is 14.6 Å². The maximum absolute atomic E-state index is 13.0. The number of carbonyl (C=O) groups is 2. The summed E-state index contributed by atoms with van der Waals surface area (Å²) in [5.74, 6) is 0.480. The maximum atomic E-state index is 13.0. The number of nitrogens with zero attached hydrogens (tertiary/aromatic N) is 4. The fraction of sp³-hybridized carbons (Fsp3) is 0.300. The van der Waals surface area contributed by atoms with Crippen LogP contribution in [0.2, 0.25) is 5.02 Å². The van der Waals surface area contributed by atoms with E-state index < -0.39 is 18.0 Å². The summed E-state index contributed by atoms with van der Waals surface area (Å²) in [6, 6.07) is 10.9. The summed E-state index contributed by atoms with van der Waals surface area (Å²) in [7, 11) is 3.11. The van der Waals surface area contributed by atoms with Gasteiger partial charge >= 0.3 is 0 Å². The molecule has 0 aromatic heterocycles. The average molecular weight is 415 g/mol. The Labute approximate surface area is 172 Å². The van der Waals surface area contributed by atoms with Crippen molar-refractivity contribution >= 4 is 29.1 Å². The predicted molar refractivity (Wildman–Crippen MR) is 106 cm³/mol. The first-order valence-electron chi connectivity index (χ1n) is 9.05. The normalized spacial score (nSPS) is 20.4. The van der Waals surface area contributed by atoms with Gasteiger partial charge in [0.1, 0.15) is 11.5 Å². The second-order valence-electron chi connectivity index (χ2n) is 6.69. The van der Waals surface area contributed by atoms with Crippen molar-refractivity contribution in [1.82, 2.24) is 5.01 Å². The Bertz CT molecular complexity index is 979. The molecule has 2 aromatic rings. The van der Waals surface area contributed by atoms with Gasteiger partial charge in [0, 0.05) is 6.54 Å². The van der Waals surface area contributed by atoms with Gasteiger partial charge in [-0.05, 0) is 42.3 Å². The lowest BCUT2D eigenvalue weighted by atomic mass is 10.1. The van der Waals surface area contributed by atoms with E-state index in [1.165, 1.54) is 13.2 Å². The van der Waals surface area contributed by atoms with Crippen molar-refractivity contribution in [3.8, 4) is 11.5 Å². The zero-order valence-corrected chi connectivity index (χ0v) is 16.7. The first-order valence-corrected chi connectivity index (χ1v) is 9.43. The van der Waals surface area contributed by atoms with Crippen LogP contribution in [0.5, 0.6) is 11.5 Å². The molecule has 2 atom stereocenters. The van der Waals surface area contributed by atoms with E-state index in [1.54, 1.807) is 24.3 Å². The van der Waals surface area contributed by atoms with Crippen LogP contribution in [0.4, 0.5) is 5.69 Å². The molecule has 150 valence electrons. The molecule has 0 saturated carbocycles. The number of ether oxygens (including phenoxy) is 2. The summed E-state index contributed by atoms with van der Waals surface area (Å²) >= 11 is 6.16. The van der Waals surface area contributed by atoms with E-state index >= 15 is 0 Å². The number of imide groups is 1. The van der Waals surface area contributed by atoms with Gasteiger partial charge in [-0.25, -0.2) is 4.90 Å². The minimum atomic E-state index is -0.834. The van der Waals surface area contributed by atoms with Crippen molar-refractivity contribution in [3.05, 3.63) is 53.1 Å². The summed E-state index contributed by atoms with van der Waals surface area (Å²) in [5.41, 5.74) is 1.46. The Hall–Kier alpha value is -3.13. The van der Waals surface area contributed by atoms with Crippen LogP contribution in [-0.2, 0) is 16.0 Å². The van der Waals surface area contributed by atoms with Gasteiger partial charge in [-0.2, -0.15) is 5.11 Å². The lowest BCUT2D eigenvalue weighted by molar-refractivity contribution is -0.123. The molecule has 4 rings (SSSR count). The van der Waals surface area contributed by atoms with Crippen molar-refractivity contribution in [2.24, 2.45) is 10.3 Å². The zero-order chi connectivity index (χ0) is 20.5. The van der Waals surface area contributed by atoms with Crippen LogP contribution >= 0.6 is 11.6 Å². The first-order chi connectivity index (χ1) is 14.0. The number of hydrogen-bond donors (Lipinski definition) is 0. The number of hydrogen-bond acceptors (Lipinski definition) is 7. The summed E-state index contributed by atoms with van der Waals surface area (Å²) in [4.78, 5) is 26.9. The topological polar surface area (TPSA) is 83.8 Å². The van der Waals surface area contributed by atoms with Crippen LogP contribution in [0.1, 0.15) is 5.56 Å². The second-order valence-corrected chi connectivity index (χ2v) is 7.09. The quantitative estimate of drug-likeness (QED) is 0.678. The number of fused-ring (bicyclic) bond motifs is 1. The Morgan fingerprint density at radius 3 is 2.45 bits per heavy atom. The molecule has 2 aromatic carbocycles. The molecule has 0 unspecified atom stereocenters. The molecule has 0 spiro atoms. The fourth-order valence-corrected chi connectivity index (χ4v) is 3.74. The molecule has 0 aliphatic carbocycles. The summed E-state index contributed by atoms with van der Waals surface area (Å²) in [6.07, 6.45) is 0.655. The zero-order valence-electron chi connectivity index (χ0n) is 15.9. The van der Waals surface area contributed by atoms with Crippen molar-refractivity contribution in [1.29, 1.82) is 0 Å². The van der Waals surface area contributed by atoms with Crippen LogP contribution in [-0.4, -0.2) is 49.7 Å². The summed E-state index contributed by atoms with van der Waals surface area (Å²) in [6.45, 7) is 0.466. The number of carbonyl (C=O) groups excluding carboxylic acids is 2. The number of benzene rings is 2. The third-order valence-electron chi connectivity index (χ3n) is 5.04. The van der Waals surface area contributed by atoms with Crippen LogP contribution in [0.25, 0.3) is 0 Å². The van der Waals surface area contributed by atoms with Gasteiger partial charge in [0.25, 0.3) is 11.8 Å². The van der Waals surface area contributed by atoms with Crippen molar-refractivity contribution in [3.63, 3.8) is 0 Å². The second kappa shape index (κ2) is 7.71. The van der Waals surface area contributed by atoms with Gasteiger partial charge in [0.15, 0.2) is 12.1 Å². The molecule has 29 heavy (non-hydrogen) atoms. The third-order valence-corrected chi connectivity index (χ3v) is 5.34. The van der Waals surface area contributed by atoms with E-state index in [-0.39, 0.29) is 5.91 Å². The van der Waals surface area contributed by atoms with E-state index in [1.807, 2.05) is 24.3 Å². The number of halogens is 1. The SMILES string of the molecule is COc1ccc(CCN2N=N[C@H]3C(=O)N(c4ccc(OC)c(Cl)c4)C(=O)[C@@H]32)cc1. The van der Waals surface area contributed by atoms with E-state index in [0.717, 1.165) is 16.2 Å². The highest BCUT2D eigenvalue weighted by atomic mass is 35.5. The van der Waals surface area contributed by atoms with E-state index in [4.69, 9.17) is 21.1 Å². The number of amides is 2. The molecule has 2 heterocycles. The fourth-order valence-electron chi connectivity index (χ4n) is 3.49. The molecule has 0 bridgehead atoms. The van der Waals surface area contributed by atoms with Crippen LogP contribution < -0.4 is 14.4 Å². The molecule has 0 N–H and O–H groups in total. The maximum Gasteiger partial charge on any atom is 0.263 e. The van der Waals surface area contributed by atoms with Crippen molar-refractivity contribution in [2.45, 2.75) is 18.5 Å². The largest absolute Gasteiger partial charge is 0.497 e. The Balaban J connectivity index is 1.49. The molecule has 2 aliphatic heterocycles. The van der Waals surface area contributed by atoms with Gasteiger partial charge in [0.05, 0.1) is 24.9 Å². The standard InChI is InChI=1S/C20H19ClN4O4/c1-28-14-6-3-12(4-7-14)9-10-24-18-17(22-23-24)19(26)25(20(18)27)13-5-8-16(29-2)15(21)11-13/h3-8,11,17-18H,9-10H2,1-2H3/t17-,18-/m1/s1. The van der Waals surface area contributed by atoms with E-state index in [2.05, 4.69) is 10.3 Å². The molecule has 8 nitrogen and oxygen atoms in total. The monoisotopic (exact) mass is 414 g/mol. The summed E-state index contributed by atoms with van der Waals surface area (Å²) in [5, 5.41) is 10.0. The lowest BCUT2D eigenvalue weighted by Gasteiger charge is -2.21. The smallest absolute Gasteiger partial charge is 0.263 e. The predicted octanol–water partition coefficient (Wildman–Crippen LogP) is 2.89. The molecule has 2 amide bonds. The highest BCUT2D eigenvalue weighted by molar-refractivity contribution is 6.33. The van der Waals surface area contributed by atoms with Crippen molar-refractivity contribution < 1.29 is 19.1 Å². The lowest BCUT2D eigenvalue weighted by Crippen LogP contribution is -2.40. The Morgan fingerprint density at radius 1 is 1.03 bits per heavy atom. The Kier molecular flexibility index (Phi) is 5.10. The molecule has 0 radical (unpaired) electrons. The molecule has 2 aliphatic rings. The number of methoxy groups -OCH3 is 2. The van der Waals surface area contributed by atoms with Crippen LogP contribution in [0.3, 0.4) is 0 Å². The number of anilines is 1. The molecule has 9 heteroatoms. The van der Waals surface area contributed by atoms with Gasteiger partial charge in [-0.15, -0.1) is 0 Å². The average Bonchev–Trinajstić information content (AvgIpc) is 3.26. The summed E-state index contributed by atoms with van der Waals surface area (Å²) < 4.78 is 10.3. The van der Waals surface area contributed by atoms with Gasteiger partial charge in [-0.1, -0.05) is 29.0 Å².